The summed E-state index contributed by atoms with van der Waals surface area (Å²) in [5, 5.41) is 0. The first-order valence-electron chi connectivity index (χ1n) is 6.08. The monoisotopic (exact) mass is 238 g/mol. The van der Waals surface area contributed by atoms with E-state index in [4.69, 9.17) is 15.3 Å². The van der Waals surface area contributed by atoms with Gasteiger partial charge in [0.15, 0.2) is 0 Å². The second-order valence-electron chi connectivity index (χ2n) is 3.71. The van der Waals surface area contributed by atoms with E-state index < -0.39 is 0 Å². The van der Waals surface area contributed by atoms with Crippen molar-refractivity contribution in [2.45, 2.75) is 26.3 Å². The first-order chi connectivity index (χ1) is 8.31. The predicted octanol–water partition coefficient (Wildman–Crippen LogP) is 2.02. The van der Waals surface area contributed by atoms with Gasteiger partial charge in [0.05, 0.1) is 6.61 Å². The number of rotatable bonds is 8. The van der Waals surface area contributed by atoms with Crippen molar-refractivity contribution >= 4 is 0 Å². The van der Waals surface area contributed by atoms with Crippen LogP contribution in [0.5, 0.6) is 5.75 Å². The third kappa shape index (κ3) is 4.73. The number of ether oxygens (including phenoxy) is 2. The summed E-state index contributed by atoms with van der Waals surface area (Å²) in [7, 11) is 0. The van der Waals surface area contributed by atoms with Gasteiger partial charge in [0.25, 0.3) is 0 Å². The maximum atomic E-state index is 5.56. The molecular formula is C13H22N2O2. The smallest absolute Gasteiger partial charge is 0.119 e. The summed E-state index contributed by atoms with van der Waals surface area (Å²) in [6, 6.07) is 8.08. The molecule has 0 radical (unpaired) electrons. The van der Waals surface area contributed by atoms with E-state index >= 15 is 0 Å². The highest BCUT2D eigenvalue weighted by molar-refractivity contribution is 5.30. The van der Waals surface area contributed by atoms with E-state index in [2.05, 4.69) is 5.43 Å². The van der Waals surface area contributed by atoms with E-state index in [-0.39, 0.29) is 6.04 Å². The van der Waals surface area contributed by atoms with Crippen LogP contribution < -0.4 is 16.0 Å². The van der Waals surface area contributed by atoms with Crippen LogP contribution in [0.25, 0.3) is 0 Å². The molecule has 0 aliphatic carbocycles. The summed E-state index contributed by atoms with van der Waals surface area (Å²) in [5.74, 6) is 6.44. The number of nitrogens with one attached hydrogen (secondary N) is 1. The van der Waals surface area contributed by atoms with Gasteiger partial charge in [0.1, 0.15) is 5.75 Å². The molecule has 1 aromatic carbocycles. The van der Waals surface area contributed by atoms with Gasteiger partial charge in [0, 0.05) is 19.3 Å². The molecule has 3 N–H and O–H groups in total. The fourth-order valence-corrected chi connectivity index (χ4v) is 1.68. The molecule has 0 fully saturated rings. The Balaban J connectivity index is 2.63. The molecule has 0 heterocycles. The number of hydrogen-bond donors (Lipinski definition) is 2. The summed E-state index contributed by atoms with van der Waals surface area (Å²) in [6.45, 7) is 6.06. The van der Waals surface area contributed by atoms with Gasteiger partial charge < -0.3 is 9.47 Å². The van der Waals surface area contributed by atoms with Crippen LogP contribution in [0.3, 0.4) is 0 Å². The minimum Gasteiger partial charge on any atom is -0.494 e. The van der Waals surface area contributed by atoms with Crippen molar-refractivity contribution in [1.82, 2.24) is 5.43 Å². The second-order valence-corrected chi connectivity index (χ2v) is 3.71. The third-order valence-corrected chi connectivity index (χ3v) is 2.53. The lowest BCUT2D eigenvalue weighted by Crippen LogP contribution is -2.29. The first kappa shape index (κ1) is 14.0. The van der Waals surface area contributed by atoms with Crippen LogP contribution >= 0.6 is 0 Å². The molecule has 0 saturated carbocycles. The zero-order chi connectivity index (χ0) is 12.5. The molecule has 1 unspecified atom stereocenters. The molecule has 17 heavy (non-hydrogen) atoms. The van der Waals surface area contributed by atoms with Crippen LogP contribution in [-0.2, 0) is 4.74 Å². The molecule has 0 saturated heterocycles. The highest BCUT2D eigenvalue weighted by atomic mass is 16.5. The number of hydrogen-bond acceptors (Lipinski definition) is 4. The summed E-state index contributed by atoms with van der Waals surface area (Å²) in [4.78, 5) is 0. The van der Waals surface area contributed by atoms with Crippen molar-refractivity contribution in [1.29, 1.82) is 0 Å². The summed E-state index contributed by atoms with van der Waals surface area (Å²) in [5.41, 5.74) is 3.93. The van der Waals surface area contributed by atoms with E-state index in [1.54, 1.807) is 0 Å². The Bertz CT molecular complexity index is 318. The largest absolute Gasteiger partial charge is 0.494 e. The zero-order valence-electron chi connectivity index (χ0n) is 10.6. The Morgan fingerprint density at radius 1 is 1.29 bits per heavy atom. The van der Waals surface area contributed by atoms with Gasteiger partial charge in [-0.2, -0.15) is 0 Å². The van der Waals surface area contributed by atoms with Gasteiger partial charge in [-0.3, -0.25) is 11.3 Å². The maximum absolute atomic E-state index is 5.56. The molecule has 0 bridgehead atoms. The number of benzene rings is 1. The van der Waals surface area contributed by atoms with Crippen LogP contribution in [-0.4, -0.2) is 19.8 Å². The summed E-state index contributed by atoms with van der Waals surface area (Å²) in [6.07, 6.45) is 0.847. The van der Waals surface area contributed by atoms with E-state index in [9.17, 15) is 0 Å². The van der Waals surface area contributed by atoms with Gasteiger partial charge in [-0.25, -0.2) is 0 Å². The van der Waals surface area contributed by atoms with Crippen molar-refractivity contribution in [2.24, 2.45) is 5.84 Å². The molecule has 4 nitrogen and oxygen atoms in total. The molecule has 1 aromatic rings. The van der Waals surface area contributed by atoms with Gasteiger partial charge in [-0.05, 0) is 38.0 Å². The fraction of sp³-hybridized carbons (Fsp3) is 0.538. The Kier molecular flexibility index (Phi) is 6.62. The van der Waals surface area contributed by atoms with Crippen LogP contribution in [0, 0.1) is 0 Å². The highest BCUT2D eigenvalue weighted by Gasteiger charge is 2.10. The zero-order valence-corrected chi connectivity index (χ0v) is 10.6. The van der Waals surface area contributed by atoms with E-state index in [1.807, 2.05) is 38.1 Å². The first-order valence-corrected chi connectivity index (χ1v) is 6.08. The Hall–Kier alpha value is -1.10. The number of nitrogens with two attached hydrogens (primary N) is 1. The molecular weight excluding hydrogens is 216 g/mol. The van der Waals surface area contributed by atoms with E-state index in [1.165, 1.54) is 0 Å². The summed E-state index contributed by atoms with van der Waals surface area (Å²) >= 11 is 0. The lowest BCUT2D eigenvalue weighted by atomic mass is 10.0. The van der Waals surface area contributed by atoms with Crippen LogP contribution in [0.15, 0.2) is 24.3 Å². The lowest BCUT2D eigenvalue weighted by Gasteiger charge is -2.17. The van der Waals surface area contributed by atoms with Gasteiger partial charge >= 0.3 is 0 Å². The van der Waals surface area contributed by atoms with Gasteiger partial charge in [-0.15, -0.1) is 0 Å². The van der Waals surface area contributed by atoms with E-state index in [0.717, 1.165) is 24.3 Å². The topological polar surface area (TPSA) is 56.5 Å². The molecule has 4 heteroatoms. The van der Waals surface area contributed by atoms with Crippen molar-refractivity contribution < 1.29 is 9.47 Å². The normalized spacial score (nSPS) is 12.4. The van der Waals surface area contributed by atoms with Crippen molar-refractivity contribution in [2.75, 3.05) is 19.8 Å². The molecule has 0 amide bonds. The highest BCUT2D eigenvalue weighted by Crippen LogP contribution is 2.21. The standard InChI is InChI=1S/C13H22N2O2/c1-3-16-9-8-13(15-14)11-6-5-7-12(10-11)17-4-2/h5-7,10,13,15H,3-4,8-9,14H2,1-2H3. The second kappa shape index (κ2) is 8.06. The molecule has 0 aliphatic heterocycles. The molecule has 0 spiro atoms. The third-order valence-electron chi connectivity index (χ3n) is 2.53. The summed E-state index contributed by atoms with van der Waals surface area (Å²) < 4.78 is 10.8. The average molecular weight is 238 g/mol. The van der Waals surface area contributed by atoms with Crippen molar-refractivity contribution in [3.05, 3.63) is 29.8 Å². The predicted molar refractivity (Wildman–Crippen MR) is 68.8 cm³/mol. The number of hydrazine groups is 1. The lowest BCUT2D eigenvalue weighted by molar-refractivity contribution is 0.136. The minimum atomic E-state index is 0.0990. The Labute approximate surface area is 103 Å². The molecule has 0 aromatic heterocycles. The SMILES string of the molecule is CCOCCC(NN)c1cccc(OCC)c1. The fourth-order valence-electron chi connectivity index (χ4n) is 1.68. The quantitative estimate of drug-likeness (QED) is 0.413. The van der Waals surface area contributed by atoms with Crippen molar-refractivity contribution in [3.63, 3.8) is 0 Å². The molecule has 1 atom stereocenters. The average Bonchev–Trinajstić information content (AvgIpc) is 2.35. The Morgan fingerprint density at radius 2 is 2.12 bits per heavy atom. The van der Waals surface area contributed by atoms with Gasteiger partial charge in [-0.1, -0.05) is 12.1 Å². The Morgan fingerprint density at radius 3 is 2.76 bits per heavy atom. The van der Waals surface area contributed by atoms with Crippen molar-refractivity contribution in [3.8, 4) is 5.75 Å². The maximum Gasteiger partial charge on any atom is 0.119 e. The van der Waals surface area contributed by atoms with Gasteiger partial charge in [0.2, 0.25) is 0 Å². The van der Waals surface area contributed by atoms with Crippen LogP contribution in [0.4, 0.5) is 0 Å². The molecule has 1 rings (SSSR count). The van der Waals surface area contributed by atoms with Crippen LogP contribution in [0.1, 0.15) is 31.9 Å². The molecule has 96 valence electrons. The minimum absolute atomic E-state index is 0.0990. The van der Waals surface area contributed by atoms with Crippen LogP contribution in [0.2, 0.25) is 0 Å². The van der Waals surface area contributed by atoms with E-state index in [0.29, 0.717) is 13.2 Å². The molecule has 0 aliphatic rings.